The van der Waals surface area contributed by atoms with E-state index in [1.165, 1.54) is 11.3 Å². The Morgan fingerprint density at radius 1 is 1.18 bits per heavy atom. The fraction of sp³-hybridized carbons (Fsp3) is 0.292. The molecule has 0 saturated carbocycles. The van der Waals surface area contributed by atoms with Gasteiger partial charge in [0.15, 0.2) is 0 Å². The molecule has 3 heterocycles. The molecule has 0 aliphatic carbocycles. The largest absolute Gasteiger partial charge is 0.497 e. The number of ether oxygens (including phenoxy) is 2. The average Bonchev–Trinajstić information content (AvgIpc) is 3.44. The number of hydrogen-bond donors (Lipinski definition) is 1. The van der Waals surface area contributed by atoms with Crippen molar-refractivity contribution in [2.24, 2.45) is 5.92 Å². The number of rotatable bonds is 6. The second-order valence-corrected chi connectivity index (χ2v) is 9.43. The predicted octanol–water partition coefficient (Wildman–Crippen LogP) is 4.98. The van der Waals surface area contributed by atoms with Crippen LogP contribution in [0, 0.1) is 5.92 Å². The van der Waals surface area contributed by atoms with E-state index < -0.39 is 0 Å². The molecule has 1 N–H and O–H groups in total. The van der Waals surface area contributed by atoms with Crippen LogP contribution >= 0.6 is 22.9 Å². The summed E-state index contributed by atoms with van der Waals surface area (Å²) in [6.45, 7) is 1.47. The SMILES string of the molecule is COc1ccc(-c2cn3nc(N4CCC[C@H](C(=O)Nc5ccc(OC)c(Cl)c5)C4)sc3n2)cc1. The van der Waals surface area contributed by atoms with Crippen molar-refractivity contribution in [3.05, 3.63) is 53.7 Å². The summed E-state index contributed by atoms with van der Waals surface area (Å²) in [5, 5.41) is 9.05. The van der Waals surface area contributed by atoms with Crippen molar-refractivity contribution in [2.45, 2.75) is 12.8 Å². The lowest BCUT2D eigenvalue weighted by Gasteiger charge is -2.31. The van der Waals surface area contributed by atoms with E-state index in [2.05, 4.69) is 10.2 Å². The van der Waals surface area contributed by atoms with Gasteiger partial charge in [0.1, 0.15) is 11.5 Å². The number of aromatic nitrogens is 3. The molecule has 8 nitrogen and oxygen atoms in total. The van der Waals surface area contributed by atoms with Gasteiger partial charge in [-0.15, -0.1) is 5.10 Å². The highest BCUT2D eigenvalue weighted by Crippen LogP contribution is 2.31. The molecule has 1 aliphatic rings. The molecule has 176 valence electrons. The molecule has 2 aromatic carbocycles. The van der Waals surface area contributed by atoms with E-state index in [-0.39, 0.29) is 11.8 Å². The number of halogens is 1. The molecular formula is C24H24ClN5O3S. The minimum atomic E-state index is -0.138. The molecule has 34 heavy (non-hydrogen) atoms. The maximum absolute atomic E-state index is 12.9. The van der Waals surface area contributed by atoms with Crippen molar-refractivity contribution < 1.29 is 14.3 Å². The first-order chi connectivity index (χ1) is 16.5. The van der Waals surface area contributed by atoms with Crippen molar-refractivity contribution in [2.75, 3.05) is 37.5 Å². The highest BCUT2D eigenvalue weighted by Gasteiger charge is 2.28. The second kappa shape index (κ2) is 9.52. The molecule has 2 aromatic heterocycles. The zero-order chi connectivity index (χ0) is 23.7. The van der Waals surface area contributed by atoms with Crippen LogP contribution in [0.1, 0.15) is 12.8 Å². The maximum Gasteiger partial charge on any atom is 0.229 e. The van der Waals surface area contributed by atoms with E-state index >= 15 is 0 Å². The quantitative estimate of drug-likeness (QED) is 0.404. The van der Waals surface area contributed by atoms with Gasteiger partial charge in [-0.2, -0.15) is 0 Å². The highest BCUT2D eigenvalue weighted by atomic mass is 35.5. The molecule has 0 unspecified atom stereocenters. The Morgan fingerprint density at radius 2 is 2.00 bits per heavy atom. The third kappa shape index (κ3) is 4.53. The maximum atomic E-state index is 12.9. The van der Waals surface area contributed by atoms with Crippen molar-refractivity contribution in [3.8, 4) is 22.8 Å². The van der Waals surface area contributed by atoms with Crippen LogP contribution in [0.5, 0.6) is 11.5 Å². The van der Waals surface area contributed by atoms with Gasteiger partial charge in [-0.3, -0.25) is 4.79 Å². The van der Waals surface area contributed by atoms with Crippen LogP contribution in [0.3, 0.4) is 0 Å². The number of piperidine rings is 1. The fourth-order valence-corrected chi connectivity index (χ4v) is 5.25. The fourth-order valence-electron chi connectivity index (χ4n) is 4.07. The van der Waals surface area contributed by atoms with Crippen LogP contribution in [0.25, 0.3) is 16.2 Å². The molecule has 10 heteroatoms. The van der Waals surface area contributed by atoms with Crippen LogP contribution in [0.15, 0.2) is 48.7 Å². The Bertz CT molecular complexity index is 1290. The van der Waals surface area contributed by atoms with Gasteiger partial charge in [0.25, 0.3) is 0 Å². The Hall–Kier alpha value is -3.30. The van der Waals surface area contributed by atoms with Crippen LogP contribution in [-0.4, -0.2) is 47.8 Å². The minimum absolute atomic E-state index is 0.0194. The summed E-state index contributed by atoms with van der Waals surface area (Å²) in [5.41, 5.74) is 2.53. The van der Waals surface area contributed by atoms with E-state index in [1.54, 1.807) is 32.4 Å². The summed E-state index contributed by atoms with van der Waals surface area (Å²) < 4.78 is 12.2. The van der Waals surface area contributed by atoms with E-state index in [0.29, 0.717) is 23.0 Å². The monoisotopic (exact) mass is 497 g/mol. The lowest BCUT2D eigenvalue weighted by atomic mass is 9.97. The number of amides is 1. The summed E-state index contributed by atoms with van der Waals surface area (Å²) >= 11 is 7.72. The smallest absolute Gasteiger partial charge is 0.229 e. The molecule has 4 aromatic rings. The second-order valence-electron chi connectivity index (χ2n) is 8.09. The molecule has 1 aliphatic heterocycles. The lowest BCUT2D eigenvalue weighted by Crippen LogP contribution is -2.40. The summed E-state index contributed by atoms with van der Waals surface area (Å²) in [6.07, 6.45) is 3.68. The number of nitrogens with one attached hydrogen (secondary N) is 1. The minimum Gasteiger partial charge on any atom is -0.497 e. The van der Waals surface area contributed by atoms with Crippen molar-refractivity contribution in [1.29, 1.82) is 0 Å². The molecule has 5 rings (SSSR count). The number of fused-ring (bicyclic) bond motifs is 1. The molecule has 1 amide bonds. The van der Waals surface area contributed by atoms with Crippen molar-refractivity contribution >= 4 is 44.6 Å². The number of hydrogen-bond acceptors (Lipinski definition) is 7. The normalized spacial score (nSPS) is 16.0. The molecule has 1 fully saturated rings. The van der Waals surface area contributed by atoms with Crippen LogP contribution in [-0.2, 0) is 4.79 Å². The molecule has 0 bridgehead atoms. The highest BCUT2D eigenvalue weighted by molar-refractivity contribution is 7.20. The average molecular weight is 498 g/mol. The van der Waals surface area contributed by atoms with Gasteiger partial charge in [0.2, 0.25) is 16.0 Å². The first-order valence-corrected chi connectivity index (χ1v) is 12.1. The number of methoxy groups -OCH3 is 2. The van der Waals surface area contributed by atoms with E-state index in [9.17, 15) is 4.79 Å². The summed E-state index contributed by atoms with van der Waals surface area (Å²) in [4.78, 5) is 20.6. The predicted molar refractivity (Wildman–Crippen MR) is 134 cm³/mol. The summed E-state index contributed by atoms with van der Waals surface area (Å²) in [5.74, 6) is 1.23. The molecule has 0 spiro atoms. The first-order valence-electron chi connectivity index (χ1n) is 10.9. The topological polar surface area (TPSA) is 81.0 Å². The third-order valence-corrected chi connectivity index (χ3v) is 7.18. The number of carbonyl (C=O) groups excluding carboxylic acids is 1. The van der Waals surface area contributed by atoms with Gasteiger partial charge < -0.3 is 19.7 Å². The summed E-state index contributed by atoms with van der Waals surface area (Å²) in [6, 6.07) is 13.0. The van der Waals surface area contributed by atoms with E-state index in [4.69, 9.17) is 31.2 Å². The number of carbonyl (C=O) groups is 1. The number of benzene rings is 2. The van der Waals surface area contributed by atoms with Gasteiger partial charge in [-0.05, 0) is 55.3 Å². The molecule has 0 radical (unpaired) electrons. The Balaban J connectivity index is 1.27. The Kier molecular flexibility index (Phi) is 6.30. The number of anilines is 2. The zero-order valence-corrected chi connectivity index (χ0v) is 20.4. The van der Waals surface area contributed by atoms with E-state index in [1.807, 2.05) is 35.0 Å². The first kappa shape index (κ1) is 22.5. The van der Waals surface area contributed by atoms with Gasteiger partial charge >= 0.3 is 0 Å². The molecule has 1 atom stereocenters. The number of imidazole rings is 1. The van der Waals surface area contributed by atoms with Crippen LogP contribution in [0.2, 0.25) is 5.02 Å². The summed E-state index contributed by atoms with van der Waals surface area (Å²) in [7, 11) is 3.21. The van der Waals surface area contributed by atoms with Crippen molar-refractivity contribution in [1.82, 2.24) is 14.6 Å². The van der Waals surface area contributed by atoms with Crippen LogP contribution in [0.4, 0.5) is 10.8 Å². The van der Waals surface area contributed by atoms with Gasteiger partial charge in [-0.25, -0.2) is 9.50 Å². The van der Waals surface area contributed by atoms with Crippen molar-refractivity contribution in [3.63, 3.8) is 0 Å². The third-order valence-electron chi connectivity index (χ3n) is 5.90. The van der Waals surface area contributed by atoms with Gasteiger partial charge in [0, 0.05) is 24.3 Å². The standard InChI is InChI=1S/C24H24ClN5O3S/c1-32-18-8-5-15(6-9-18)20-14-30-23(27-20)34-24(28-30)29-11-3-4-16(13-29)22(31)26-17-7-10-21(33-2)19(25)12-17/h5-10,12,14,16H,3-4,11,13H2,1-2H3,(H,26,31)/t16-/m0/s1. The van der Waals surface area contributed by atoms with E-state index in [0.717, 1.165) is 46.5 Å². The lowest BCUT2D eigenvalue weighted by molar-refractivity contribution is -0.120. The number of nitrogens with zero attached hydrogens (tertiary/aromatic N) is 4. The zero-order valence-electron chi connectivity index (χ0n) is 18.8. The van der Waals surface area contributed by atoms with Gasteiger partial charge in [-0.1, -0.05) is 22.9 Å². The van der Waals surface area contributed by atoms with Crippen LogP contribution < -0.4 is 19.7 Å². The Labute approximate surface area is 206 Å². The molecule has 1 saturated heterocycles. The van der Waals surface area contributed by atoms with Gasteiger partial charge in [0.05, 0.1) is 37.1 Å². The Morgan fingerprint density at radius 3 is 2.71 bits per heavy atom. The molecular weight excluding hydrogens is 474 g/mol.